The fourth-order valence-electron chi connectivity index (χ4n) is 2.85. The van der Waals surface area contributed by atoms with Gasteiger partial charge in [-0.2, -0.15) is 0 Å². The Balaban J connectivity index is 1.94. The molecule has 2 atom stereocenters. The molecule has 0 spiro atoms. The van der Waals surface area contributed by atoms with Crippen LogP contribution in [0.25, 0.3) is 0 Å². The van der Waals surface area contributed by atoms with E-state index in [1.807, 2.05) is 23.9 Å². The average molecular weight is 287 g/mol. The zero-order chi connectivity index (χ0) is 13.9. The minimum atomic E-state index is -0.176. The number of rotatable bonds is 4. The third-order valence-electron chi connectivity index (χ3n) is 3.79. The van der Waals surface area contributed by atoms with Gasteiger partial charge in [0.25, 0.3) is 0 Å². The van der Waals surface area contributed by atoms with Gasteiger partial charge in [0.15, 0.2) is 0 Å². The maximum atomic E-state index is 13.1. The van der Waals surface area contributed by atoms with Gasteiger partial charge in [-0.05, 0) is 35.9 Å². The first-order valence-electron chi connectivity index (χ1n) is 7.00. The highest BCUT2D eigenvalue weighted by atomic mass is 32.2. The van der Waals surface area contributed by atoms with Gasteiger partial charge in [-0.1, -0.05) is 37.3 Å². The van der Waals surface area contributed by atoms with Crippen molar-refractivity contribution < 1.29 is 4.39 Å². The summed E-state index contributed by atoms with van der Waals surface area (Å²) in [4.78, 5) is 1.38. The Morgan fingerprint density at radius 3 is 2.70 bits per heavy atom. The predicted octanol–water partition coefficient (Wildman–Crippen LogP) is 4.37. The summed E-state index contributed by atoms with van der Waals surface area (Å²) >= 11 is 1.91. The van der Waals surface area contributed by atoms with Crippen molar-refractivity contribution in [2.45, 2.75) is 23.8 Å². The Morgan fingerprint density at radius 2 is 1.95 bits per heavy atom. The van der Waals surface area contributed by atoms with E-state index in [1.54, 1.807) is 12.1 Å². The second-order valence-electron chi connectivity index (χ2n) is 5.04. The highest BCUT2D eigenvalue weighted by Gasteiger charge is 2.30. The molecule has 0 amide bonds. The quantitative estimate of drug-likeness (QED) is 0.896. The van der Waals surface area contributed by atoms with E-state index in [0.29, 0.717) is 5.92 Å². The number of thioether (sulfide) groups is 1. The lowest BCUT2D eigenvalue weighted by Gasteiger charge is -2.25. The van der Waals surface area contributed by atoms with Gasteiger partial charge in [-0.25, -0.2) is 4.39 Å². The van der Waals surface area contributed by atoms with Crippen LogP contribution in [0.3, 0.4) is 0 Å². The maximum absolute atomic E-state index is 13.1. The zero-order valence-corrected chi connectivity index (χ0v) is 12.3. The summed E-state index contributed by atoms with van der Waals surface area (Å²) in [6.45, 7) is 3.02. The van der Waals surface area contributed by atoms with Gasteiger partial charge in [0.2, 0.25) is 0 Å². The molecule has 1 nitrogen and oxygen atoms in total. The van der Waals surface area contributed by atoms with Gasteiger partial charge in [0, 0.05) is 22.6 Å². The van der Waals surface area contributed by atoms with Crippen LogP contribution < -0.4 is 5.32 Å². The first kappa shape index (κ1) is 13.7. The summed E-state index contributed by atoms with van der Waals surface area (Å²) < 4.78 is 13.1. The number of benzene rings is 2. The average Bonchev–Trinajstić information content (AvgIpc) is 2.90. The molecule has 3 rings (SSSR count). The van der Waals surface area contributed by atoms with Crippen molar-refractivity contribution >= 4 is 11.8 Å². The van der Waals surface area contributed by atoms with E-state index in [2.05, 4.69) is 36.5 Å². The van der Waals surface area contributed by atoms with Crippen LogP contribution in [0.2, 0.25) is 0 Å². The Bertz CT molecular complexity index is 582. The Kier molecular flexibility index (Phi) is 4.08. The van der Waals surface area contributed by atoms with Crippen molar-refractivity contribution in [2.75, 3.05) is 12.3 Å². The van der Waals surface area contributed by atoms with Crippen LogP contribution in [-0.4, -0.2) is 12.3 Å². The van der Waals surface area contributed by atoms with Crippen molar-refractivity contribution in [2.24, 2.45) is 0 Å². The molecular weight excluding hydrogens is 269 g/mol. The molecule has 0 saturated heterocycles. The van der Waals surface area contributed by atoms with E-state index in [9.17, 15) is 4.39 Å². The molecule has 1 N–H and O–H groups in total. The molecule has 0 aromatic heterocycles. The van der Waals surface area contributed by atoms with E-state index in [4.69, 9.17) is 0 Å². The zero-order valence-electron chi connectivity index (χ0n) is 11.5. The summed E-state index contributed by atoms with van der Waals surface area (Å²) in [5.74, 6) is 1.35. The molecule has 2 aromatic rings. The second kappa shape index (κ2) is 5.98. The fourth-order valence-corrected chi connectivity index (χ4v) is 4.14. The lowest BCUT2D eigenvalue weighted by molar-refractivity contribution is 0.484. The monoisotopic (exact) mass is 287 g/mol. The van der Waals surface area contributed by atoms with Gasteiger partial charge < -0.3 is 5.32 Å². The molecule has 1 heterocycles. The van der Waals surface area contributed by atoms with E-state index >= 15 is 0 Å². The largest absolute Gasteiger partial charge is 0.310 e. The summed E-state index contributed by atoms with van der Waals surface area (Å²) in [5.41, 5.74) is 2.57. The molecule has 0 aliphatic carbocycles. The van der Waals surface area contributed by atoms with Crippen molar-refractivity contribution in [3.8, 4) is 0 Å². The summed E-state index contributed by atoms with van der Waals surface area (Å²) in [6.07, 6.45) is 0. The van der Waals surface area contributed by atoms with Crippen LogP contribution in [0, 0.1) is 5.82 Å². The van der Waals surface area contributed by atoms with Gasteiger partial charge >= 0.3 is 0 Å². The molecule has 1 aliphatic rings. The topological polar surface area (TPSA) is 12.0 Å². The molecule has 3 heteroatoms. The molecule has 0 fully saturated rings. The molecule has 2 unspecified atom stereocenters. The first-order valence-corrected chi connectivity index (χ1v) is 7.98. The maximum Gasteiger partial charge on any atom is 0.123 e. The van der Waals surface area contributed by atoms with E-state index in [-0.39, 0.29) is 11.9 Å². The molecule has 1 aliphatic heterocycles. The minimum Gasteiger partial charge on any atom is -0.310 e. The van der Waals surface area contributed by atoms with E-state index in [1.165, 1.54) is 10.5 Å². The number of likely N-dealkylation sites (N-methyl/N-ethyl adjacent to an activating group) is 1. The summed E-state index contributed by atoms with van der Waals surface area (Å²) in [7, 11) is 0. The lowest BCUT2D eigenvalue weighted by Crippen LogP contribution is -2.27. The highest BCUT2D eigenvalue weighted by molar-refractivity contribution is 7.99. The smallest absolute Gasteiger partial charge is 0.123 e. The van der Waals surface area contributed by atoms with Crippen molar-refractivity contribution in [1.82, 2.24) is 5.32 Å². The Morgan fingerprint density at radius 1 is 1.20 bits per heavy atom. The molecule has 104 valence electrons. The van der Waals surface area contributed by atoms with Crippen molar-refractivity contribution in [1.29, 1.82) is 0 Å². The van der Waals surface area contributed by atoms with Crippen molar-refractivity contribution in [3.63, 3.8) is 0 Å². The van der Waals surface area contributed by atoms with Crippen LogP contribution in [0.1, 0.15) is 30.0 Å². The van der Waals surface area contributed by atoms with Gasteiger partial charge in [0.05, 0.1) is 0 Å². The number of hydrogen-bond donors (Lipinski definition) is 1. The van der Waals surface area contributed by atoms with Crippen LogP contribution in [0.4, 0.5) is 4.39 Å². The van der Waals surface area contributed by atoms with E-state index in [0.717, 1.165) is 17.9 Å². The third kappa shape index (κ3) is 2.60. The number of halogens is 1. The number of nitrogens with one attached hydrogen (secondary N) is 1. The SMILES string of the molecule is CCNC(c1ccc(F)cc1)C1CSc2ccccc21. The van der Waals surface area contributed by atoms with Gasteiger partial charge in [0.1, 0.15) is 5.82 Å². The Labute approximate surface area is 123 Å². The van der Waals surface area contributed by atoms with Gasteiger partial charge in [-0.3, -0.25) is 0 Å². The standard InChI is InChI=1S/C17H18FNS/c1-2-19-17(12-7-9-13(18)10-8-12)15-11-20-16-6-4-3-5-14(15)16/h3-10,15,17,19H,2,11H2,1H3. The van der Waals surface area contributed by atoms with Gasteiger partial charge in [-0.15, -0.1) is 11.8 Å². The normalized spacial score (nSPS) is 18.8. The molecule has 20 heavy (non-hydrogen) atoms. The van der Waals surface area contributed by atoms with Crippen molar-refractivity contribution in [3.05, 3.63) is 65.5 Å². The fraction of sp³-hybridized carbons (Fsp3) is 0.294. The second-order valence-corrected chi connectivity index (χ2v) is 6.10. The first-order chi connectivity index (χ1) is 9.79. The number of fused-ring (bicyclic) bond motifs is 1. The third-order valence-corrected chi connectivity index (χ3v) is 5.00. The molecule has 0 radical (unpaired) electrons. The van der Waals surface area contributed by atoms with Crippen LogP contribution >= 0.6 is 11.8 Å². The highest BCUT2D eigenvalue weighted by Crippen LogP contribution is 2.45. The molecular formula is C17H18FNS. The predicted molar refractivity (Wildman–Crippen MR) is 82.7 cm³/mol. The summed E-state index contributed by atoms with van der Waals surface area (Å²) in [5, 5.41) is 3.57. The number of hydrogen-bond acceptors (Lipinski definition) is 2. The molecule has 2 aromatic carbocycles. The molecule has 0 saturated carbocycles. The Hall–Kier alpha value is -1.32. The van der Waals surface area contributed by atoms with Crippen LogP contribution in [0.15, 0.2) is 53.4 Å². The van der Waals surface area contributed by atoms with Crippen LogP contribution in [-0.2, 0) is 0 Å². The molecule has 0 bridgehead atoms. The van der Waals surface area contributed by atoms with E-state index < -0.39 is 0 Å². The lowest BCUT2D eigenvalue weighted by atomic mass is 9.88. The van der Waals surface area contributed by atoms with Crippen LogP contribution in [0.5, 0.6) is 0 Å². The summed E-state index contributed by atoms with van der Waals surface area (Å²) in [6, 6.07) is 15.7. The minimum absolute atomic E-state index is 0.176.